The zero-order chi connectivity index (χ0) is 16.2. The predicted molar refractivity (Wildman–Crippen MR) is 89.3 cm³/mol. The van der Waals surface area contributed by atoms with Crippen molar-refractivity contribution in [2.45, 2.75) is 19.6 Å². The Morgan fingerprint density at radius 1 is 1.14 bits per heavy atom. The molecule has 0 saturated carbocycles. The maximum Gasteiger partial charge on any atom is 0.264 e. The first-order valence-electron chi connectivity index (χ1n) is 6.69. The average molecular weight is 385 g/mol. The quantitative estimate of drug-likeness (QED) is 0.704. The van der Waals surface area contributed by atoms with Crippen LogP contribution in [-0.4, -0.2) is 14.7 Å². The lowest BCUT2D eigenvalue weighted by molar-refractivity contribution is 0.223. The van der Waals surface area contributed by atoms with Crippen molar-refractivity contribution in [3.63, 3.8) is 0 Å². The van der Waals surface area contributed by atoms with Crippen LogP contribution in [0.3, 0.4) is 0 Å². The number of benzene rings is 2. The van der Waals surface area contributed by atoms with E-state index in [1.165, 1.54) is 0 Å². The molecule has 0 heterocycles. The second-order valence-electron chi connectivity index (χ2n) is 4.90. The van der Waals surface area contributed by atoms with Crippen LogP contribution in [0.1, 0.15) is 24.2 Å². The van der Waals surface area contributed by atoms with E-state index in [0.717, 1.165) is 16.3 Å². The molecule has 0 aromatic heterocycles. The number of hydrogen-bond acceptors (Lipinski definition) is 4. The van der Waals surface area contributed by atoms with E-state index in [2.05, 4.69) is 15.9 Å². The van der Waals surface area contributed by atoms with Gasteiger partial charge in [-0.15, -0.1) is 0 Å². The third kappa shape index (κ3) is 5.12. The van der Waals surface area contributed by atoms with Gasteiger partial charge < -0.3 is 4.74 Å². The molecule has 0 saturated heterocycles. The van der Waals surface area contributed by atoms with Crippen LogP contribution in [0.25, 0.3) is 0 Å². The van der Waals surface area contributed by atoms with Crippen molar-refractivity contribution in [1.29, 1.82) is 0 Å². The minimum atomic E-state index is -3.54. The maximum atomic E-state index is 11.3. The number of hydrogen-bond donors (Lipinski definition) is 0. The van der Waals surface area contributed by atoms with Crippen molar-refractivity contribution in [2.75, 3.05) is 6.26 Å². The fourth-order valence-corrected chi connectivity index (χ4v) is 3.02. The van der Waals surface area contributed by atoms with Crippen molar-refractivity contribution in [3.8, 4) is 5.75 Å². The molecule has 0 radical (unpaired) electrons. The molecule has 2 rings (SSSR count). The largest absolute Gasteiger partial charge is 0.489 e. The molecule has 0 spiro atoms. The van der Waals surface area contributed by atoms with Crippen LogP contribution in [0.15, 0.2) is 53.0 Å². The molecule has 0 bridgehead atoms. The summed E-state index contributed by atoms with van der Waals surface area (Å²) in [5, 5.41) is 0. The fraction of sp³-hybridized carbons (Fsp3) is 0.250. The summed E-state index contributed by atoms with van der Waals surface area (Å²) in [6.45, 7) is 2.08. The molecule has 4 nitrogen and oxygen atoms in total. The Hall–Kier alpha value is -1.37. The molecule has 2 aromatic rings. The Kier molecular flexibility index (Phi) is 5.61. The van der Waals surface area contributed by atoms with E-state index in [1.54, 1.807) is 19.1 Å². The summed E-state index contributed by atoms with van der Waals surface area (Å²) < 4.78 is 34.3. The smallest absolute Gasteiger partial charge is 0.264 e. The molecule has 118 valence electrons. The predicted octanol–water partition coefficient (Wildman–Crippen LogP) is 4.07. The minimum absolute atomic E-state index is 0.404. The SMILES string of the molecule is CC(OS(C)(=O)=O)c1cc(Br)ccc1OCc1ccccc1. The van der Waals surface area contributed by atoms with Gasteiger partial charge in [-0.2, -0.15) is 8.42 Å². The van der Waals surface area contributed by atoms with E-state index in [1.807, 2.05) is 36.4 Å². The zero-order valence-corrected chi connectivity index (χ0v) is 14.7. The van der Waals surface area contributed by atoms with Gasteiger partial charge in [0.1, 0.15) is 18.5 Å². The van der Waals surface area contributed by atoms with Gasteiger partial charge in [0.05, 0.1) is 6.26 Å². The van der Waals surface area contributed by atoms with E-state index < -0.39 is 16.2 Å². The molecule has 1 atom stereocenters. The first-order valence-corrected chi connectivity index (χ1v) is 9.30. The highest BCUT2D eigenvalue weighted by Gasteiger charge is 2.17. The highest BCUT2D eigenvalue weighted by Crippen LogP contribution is 2.31. The lowest BCUT2D eigenvalue weighted by atomic mass is 10.1. The van der Waals surface area contributed by atoms with Gasteiger partial charge >= 0.3 is 0 Å². The highest BCUT2D eigenvalue weighted by molar-refractivity contribution is 9.10. The van der Waals surface area contributed by atoms with Gasteiger partial charge in [0.15, 0.2) is 0 Å². The average Bonchev–Trinajstić information content (AvgIpc) is 2.45. The number of ether oxygens (including phenoxy) is 1. The lowest BCUT2D eigenvalue weighted by Crippen LogP contribution is -2.09. The Morgan fingerprint density at radius 3 is 2.45 bits per heavy atom. The van der Waals surface area contributed by atoms with Crippen LogP contribution in [0.5, 0.6) is 5.75 Å². The van der Waals surface area contributed by atoms with E-state index >= 15 is 0 Å². The van der Waals surface area contributed by atoms with Gasteiger partial charge in [-0.1, -0.05) is 46.3 Å². The molecule has 0 amide bonds. The molecule has 0 aliphatic carbocycles. The van der Waals surface area contributed by atoms with Crippen LogP contribution in [0.2, 0.25) is 0 Å². The molecule has 2 aromatic carbocycles. The van der Waals surface area contributed by atoms with Crippen molar-refractivity contribution in [3.05, 3.63) is 64.1 Å². The van der Waals surface area contributed by atoms with Gasteiger partial charge in [-0.05, 0) is 30.7 Å². The summed E-state index contributed by atoms with van der Waals surface area (Å²) in [5.74, 6) is 0.600. The molecule has 22 heavy (non-hydrogen) atoms. The van der Waals surface area contributed by atoms with Crippen LogP contribution in [0.4, 0.5) is 0 Å². The first kappa shape index (κ1) is 17.0. The monoisotopic (exact) mass is 384 g/mol. The fourth-order valence-electron chi connectivity index (χ4n) is 2.02. The van der Waals surface area contributed by atoms with Crippen molar-refractivity contribution < 1.29 is 17.3 Å². The molecular formula is C16H17BrO4S. The Labute approximate surface area is 139 Å². The molecule has 0 fully saturated rings. The molecule has 0 aliphatic heterocycles. The molecular weight excluding hydrogens is 368 g/mol. The Morgan fingerprint density at radius 2 is 1.82 bits per heavy atom. The Bertz CT molecular complexity index is 729. The first-order chi connectivity index (χ1) is 10.3. The van der Waals surface area contributed by atoms with Crippen LogP contribution in [0, 0.1) is 0 Å². The second kappa shape index (κ2) is 7.26. The van der Waals surface area contributed by atoms with Crippen LogP contribution in [-0.2, 0) is 20.9 Å². The second-order valence-corrected chi connectivity index (χ2v) is 7.42. The van der Waals surface area contributed by atoms with Gasteiger partial charge in [0.2, 0.25) is 0 Å². The molecule has 6 heteroatoms. The Balaban J connectivity index is 2.20. The third-order valence-corrected chi connectivity index (χ3v) is 4.10. The zero-order valence-electron chi connectivity index (χ0n) is 12.3. The summed E-state index contributed by atoms with van der Waals surface area (Å²) in [6.07, 6.45) is 0.407. The van der Waals surface area contributed by atoms with Gasteiger partial charge in [0.25, 0.3) is 10.1 Å². The van der Waals surface area contributed by atoms with E-state index in [4.69, 9.17) is 8.92 Å². The highest BCUT2D eigenvalue weighted by atomic mass is 79.9. The number of halogens is 1. The van der Waals surface area contributed by atoms with Crippen LogP contribution >= 0.6 is 15.9 Å². The summed E-state index contributed by atoms with van der Waals surface area (Å²) in [6, 6.07) is 15.2. The maximum absolute atomic E-state index is 11.3. The lowest BCUT2D eigenvalue weighted by Gasteiger charge is -2.17. The van der Waals surface area contributed by atoms with Gasteiger partial charge in [0, 0.05) is 10.0 Å². The normalized spacial score (nSPS) is 12.9. The summed E-state index contributed by atoms with van der Waals surface area (Å²) >= 11 is 3.38. The summed E-state index contributed by atoms with van der Waals surface area (Å²) in [5.41, 5.74) is 1.71. The summed E-state index contributed by atoms with van der Waals surface area (Å²) in [7, 11) is -3.54. The van der Waals surface area contributed by atoms with Crippen molar-refractivity contribution in [1.82, 2.24) is 0 Å². The van der Waals surface area contributed by atoms with E-state index in [-0.39, 0.29) is 0 Å². The van der Waals surface area contributed by atoms with Gasteiger partial charge in [-0.3, -0.25) is 4.18 Å². The summed E-state index contributed by atoms with van der Waals surface area (Å²) in [4.78, 5) is 0. The van der Waals surface area contributed by atoms with Crippen molar-refractivity contribution >= 4 is 26.0 Å². The molecule has 1 unspecified atom stereocenters. The minimum Gasteiger partial charge on any atom is -0.489 e. The van der Waals surface area contributed by atoms with E-state index in [9.17, 15) is 8.42 Å². The van der Waals surface area contributed by atoms with E-state index in [0.29, 0.717) is 17.9 Å². The standard InChI is InChI=1S/C16H17BrO4S/c1-12(21-22(2,18)19)15-10-14(17)8-9-16(15)20-11-13-6-4-3-5-7-13/h3-10,12H,11H2,1-2H3. The molecule has 0 aliphatic rings. The number of rotatable bonds is 6. The van der Waals surface area contributed by atoms with Crippen LogP contribution < -0.4 is 4.74 Å². The van der Waals surface area contributed by atoms with Crippen molar-refractivity contribution in [2.24, 2.45) is 0 Å². The molecule has 0 N–H and O–H groups in total. The topological polar surface area (TPSA) is 52.6 Å². The van der Waals surface area contributed by atoms with Gasteiger partial charge in [-0.25, -0.2) is 0 Å². The third-order valence-electron chi connectivity index (χ3n) is 2.97.